The smallest absolute Gasteiger partial charge is 0.306 e. The summed E-state index contributed by atoms with van der Waals surface area (Å²) in [5.41, 5.74) is 1.02. The number of thioether (sulfide) groups is 1. The van der Waals surface area contributed by atoms with Crippen LogP contribution < -0.4 is 0 Å². The quantitative estimate of drug-likeness (QED) is 0.448. The normalized spacial score (nSPS) is 12.2. The summed E-state index contributed by atoms with van der Waals surface area (Å²) in [5, 5.41) is 1.07. The molecule has 5 heteroatoms. The van der Waals surface area contributed by atoms with E-state index in [0.29, 0.717) is 6.42 Å². The van der Waals surface area contributed by atoms with Crippen LogP contribution in [-0.4, -0.2) is 28.3 Å². The molecule has 1 heterocycles. The topological polar surface area (TPSA) is 52.1 Å². The second-order valence-electron chi connectivity index (χ2n) is 3.41. The number of aromatic nitrogens is 2. The number of carbonyl (C=O) groups excluding carboxylic acids is 1. The predicted molar refractivity (Wildman–Crippen MR) is 63.4 cm³/mol. The molecule has 0 fully saturated rings. The highest BCUT2D eigenvalue weighted by Crippen LogP contribution is 2.23. The number of esters is 1. The lowest BCUT2D eigenvalue weighted by atomic mass is 10.3. The number of methoxy groups -OCH3 is 1. The number of carbonyl (C=O) groups is 1. The van der Waals surface area contributed by atoms with Crippen molar-refractivity contribution in [3.8, 4) is 0 Å². The number of aryl methyl sites for hydroxylation is 1. The van der Waals surface area contributed by atoms with Crippen molar-refractivity contribution in [3.05, 3.63) is 18.1 Å². The Morgan fingerprint density at radius 3 is 2.94 bits per heavy atom. The van der Waals surface area contributed by atoms with Crippen molar-refractivity contribution in [1.82, 2.24) is 9.97 Å². The molecule has 4 nitrogen and oxygen atoms in total. The maximum absolute atomic E-state index is 11.1. The standard InChI is InChI=1S/C11H16N2O2S/c1-4-9-6-10(13-7-12-9)16-8(2)5-11(14)15-3/h6-8H,4-5H2,1-3H3. The van der Waals surface area contributed by atoms with Crippen LogP contribution in [0.15, 0.2) is 17.4 Å². The minimum atomic E-state index is -0.190. The SMILES string of the molecule is CCc1cc(SC(C)CC(=O)OC)ncn1. The maximum Gasteiger partial charge on any atom is 0.306 e. The predicted octanol–water partition coefficient (Wildman–Crippen LogP) is 2.08. The first-order valence-electron chi connectivity index (χ1n) is 5.20. The zero-order valence-corrected chi connectivity index (χ0v) is 10.6. The zero-order chi connectivity index (χ0) is 12.0. The highest BCUT2D eigenvalue weighted by molar-refractivity contribution is 7.99. The Hall–Kier alpha value is -1.10. The van der Waals surface area contributed by atoms with Crippen LogP contribution in [0.2, 0.25) is 0 Å². The molecular formula is C11H16N2O2S. The second-order valence-corrected chi connectivity index (χ2v) is 4.87. The van der Waals surface area contributed by atoms with E-state index in [1.807, 2.05) is 13.0 Å². The Labute approximate surface area is 99.8 Å². The van der Waals surface area contributed by atoms with Gasteiger partial charge in [-0.05, 0) is 12.5 Å². The van der Waals surface area contributed by atoms with Crippen molar-refractivity contribution in [1.29, 1.82) is 0 Å². The molecule has 1 rings (SSSR count). The first-order chi connectivity index (χ1) is 7.65. The van der Waals surface area contributed by atoms with E-state index in [1.165, 1.54) is 7.11 Å². The van der Waals surface area contributed by atoms with Crippen molar-refractivity contribution in [2.75, 3.05) is 7.11 Å². The van der Waals surface area contributed by atoms with E-state index in [9.17, 15) is 4.79 Å². The van der Waals surface area contributed by atoms with Crippen molar-refractivity contribution in [3.63, 3.8) is 0 Å². The summed E-state index contributed by atoms with van der Waals surface area (Å²) < 4.78 is 4.62. The largest absolute Gasteiger partial charge is 0.469 e. The van der Waals surface area contributed by atoms with Crippen molar-refractivity contribution >= 4 is 17.7 Å². The molecule has 88 valence electrons. The summed E-state index contributed by atoms with van der Waals surface area (Å²) in [6.45, 7) is 4.03. The highest BCUT2D eigenvalue weighted by Gasteiger charge is 2.11. The van der Waals surface area contributed by atoms with Crippen LogP contribution in [0, 0.1) is 0 Å². The van der Waals surface area contributed by atoms with E-state index in [2.05, 4.69) is 21.6 Å². The molecule has 0 spiro atoms. The van der Waals surface area contributed by atoms with Gasteiger partial charge in [-0.25, -0.2) is 9.97 Å². The monoisotopic (exact) mass is 240 g/mol. The van der Waals surface area contributed by atoms with Crippen LogP contribution in [0.25, 0.3) is 0 Å². The molecule has 0 aliphatic rings. The van der Waals surface area contributed by atoms with Crippen LogP contribution in [0.1, 0.15) is 26.0 Å². The third-order valence-electron chi connectivity index (χ3n) is 2.06. The maximum atomic E-state index is 11.1. The van der Waals surface area contributed by atoms with Gasteiger partial charge in [-0.3, -0.25) is 4.79 Å². The fourth-order valence-electron chi connectivity index (χ4n) is 1.20. The van der Waals surface area contributed by atoms with Gasteiger partial charge in [-0.2, -0.15) is 0 Å². The number of rotatable bonds is 5. The van der Waals surface area contributed by atoms with Gasteiger partial charge in [0.25, 0.3) is 0 Å². The van der Waals surface area contributed by atoms with E-state index >= 15 is 0 Å². The van der Waals surface area contributed by atoms with Crippen LogP contribution in [0.5, 0.6) is 0 Å². The van der Waals surface area contributed by atoms with Crippen LogP contribution in [0.4, 0.5) is 0 Å². The Balaban J connectivity index is 2.55. The summed E-state index contributed by atoms with van der Waals surface area (Å²) >= 11 is 1.56. The molecule has 0 saturated heterocycles. The fourth-order valence-corrected chi connectivity index (χ4v) is 2.14. The molecule has 0 aliphatic carbocycles. The Bertz CT molecular complexity index is 358. The Morgan fingerprint density at radius 2 is 2.31 bits per heavy atom. The first kappa shape index (κ1) is 13.0. The number of hydrogen-bond donors (Lipinski definition) is 0. The van der Waals surface area contributed by atoms with E-state index < -0.39 is 0 Å². The van der Waals surface area contributed by atoms with Gasteiger partial charge in [-0.15, -0.1) is 11.8 Å². The molecule has 0 radical (unpaired) electrons. The number of hydrogen-bond acceptors (Lipinski definition) is 5. The van der Waals surface area contributed by atoms with Gasteiger partial charge in [0.2, 0.25) is 0 Å². The lowest BCUT2D eigenvalue weighted by Gasteiger charge is -2.09. The van der Waals surface area contributed by atoms with Crippen LogP contribution >= 0.6 is 11.8 Å². The van der Waals surface area contributed by atoms with Crippen LogP contribution in [-0.2, 0) is 16.0 Å². The third kappa shape index (κ3) is 4.18. The van der Waals surface area contributed by atoms with Gasteiger partial charge in [-0.1, -0.05) is 13.8 Å². The number of nitrogens with zero attached hydrogens (tertiary/aromatic N) is 2. The minimum absolute atomic E-state index is 0.159. The molecule has 1 aromatic rings. The molecule has 1 aromatic heterocycles. The lowest BCUT2D eigenvalue weighted by molar-refractivity contribution is -0.140. The Morgan fingerprint density at radius 1 is 1.56 bits per heavy atom. The van der Waals surface area contributed by atoms with Crippen LogP contribution in [0.3, 0.4) is 0 Å². The third-order valence-corrected chi connectivity index (χ3v) is 3.10. The Kier molecular flexibility index (Phi) is 5.25. The second kappa shape index (κ2) is 6.48. The summed E-state index contributed by atoms with van der Waals surface area (Å²) in [6, 6.07) is 1.96. The molecule has 0 amide bonds. The van der Waals surface area contributed by atoms with Crippen molar-refractivity contribution in [2.24, 2.45) is 0 Å². The number of ether oxygens (including phenoxy) is 1. The van der Waals surface area contributed by atoms with Crippen molar-refractivity contribution < 1.29 is 9.53 Å². The summed E-state index contributed by atoms with van der Waals surface area (Å²) in [7, 11) is 1.40. The summed E-state index contributed by atoms with van der Waals surface area (Å²) in [4.78, 5) is 19.4. The van der Waals surface area contributed by atoms with Gasteiger partial charge < -0.3 is 4.74 Å². The molecule has 0 aliphatic heterocycles. The molecule has 0 bridgehead atoms. The molecule has 1 unspecified atom stereocenters. The van der Waals surface area contributed by atoms with Gasteiger partial charge in [0.1, 0.15) is 6.33 Å². The molecule has 0 aromatic carbocycles. The molecule has 16 heavy (non-hydrogen) atoms. The fraction of sp³-hybridized carbons (Fsp3) is 0.545. The van der Waals surface area contributed by atoms with Gasteiger partial charge in [0, 0.05) is 10.9 Å². The van der Waals surface area contributed by atoms with Gasteiger partial charge in [0.05, 0.1) is 18.6 Å². The average molecular weight is 240 g/mol. The molecule has 0 N–H and O–H groups in total. The van der Waals surface area contributed by atoms with E-state index in [1.54, 1.807) is 18.1 Å². The average Bonchev–Trinajstić information content (AvgIpc) is 2.28. The zero-order valence-electron chi connectivity index (χ0n) is 9.77. The lowest BCUT2D eigenvalue weighted by Crippen LogP contribution is -2.08. The summed E-state index contributed by atoms with van der Waals surface area (Å²) in [6.07, 6.45) is 2.85. The minimum Gasteiger partial charge on any atom is -0.469 e. The molecule has 0 saturated carbocycles. The summed E-state index contributed by atoms with van der Waals surface area (Å²) in [5.74, 6) is -0.190. The molecular weight excluding hydrogens is 224 g/mol. The van der Waals surface area contributed by atoms with Crippen molar-refractivity contribution in [2.45, 2.75) is 37.0 Å². The highest BCUT2D eigenvalue weighted by atomic mass is 32.2. The molecule has 1 atom stereocenters. The van der Waals surface area contributed by atoms with Gasteiger partial charge >= 0.3 is 5.97 Å². The first-order valence-corrected chi connectivity index (χ1v) is 6.08. The van der Waals surface area contributed by atoms with Gasteiger partial charge in [0.15, 0.2) is 0 Å². The van der Waals surface area contributed by atoms with E-state index in [-0.39, 0.29) is 11.2 Å². The van der Waals surface area contributed by atoms with E-state index in [0.717, 1.165) is 17.1 Å². The van der Waals surface area contributed by atoms with E-state index in [4.69, 9.17) is 0 Å².